The van der Waals surface area contributed by atoms with Gasteiger partial charge in [0.05, 0.1) is 30.8 Å². The maximum atomic E-state index is 14.8. The van der Waals surface area contributed by atoms with E-state index in [0.717, 1.165) is 54.0 Å². The van der Waals surface area contributed by atoms with Crippen molar-refractivity contribution >= 4 is 16.6 Å². The lowest BCUT2D eigenvalue weighted by atomic mass is 9.89. The third-order valence-corrected chi connectivity index (χ3v) is 7.26. The maximum absolute atomic E-state index is 14.8. The third kappa shape index (κ3) is 4.18. The molecule has 8 heteroatoms. The number of benzene rings is 2. The number of likely N-dealkylation sites (tertiary alicyclic amines) is 1. The van der Waals surface area contributed by atoms with Crippen molar-refractivity contribution in [3.8, 4) is 28.6 Å². The molecule has 2 fully saturated rings. The van der Waals surface area contributed by atoms with Crippen LogP contribution in [0.3, 0.4) is 0 Å². The van der Waals surface area contributed by atoms with E-state index < -0.39 is 0 Å². The number of nitrogens with one attached hydrogen (secondary N) is 1. The van der Waals surface area contributed by atoms with E-state index in [9.17, 15) is 4.39 Å². The molecule has 0 radical (unpaired) electrons. The second kappa shape index (κ2) is 8.85. The summed E-state index contributed by atoms with van der Waals surface area (Å²) in [6.07, 6.45) is 4.41. The number of anilines is 1. The molecule has 4 heterocycles. The molecule has 2 saturated heterocycles. The summed E-state index contributed by atoms with van der Waals surface area (Å²) in [7, 11) is 3.68. The zero-order valence-electron chi connectivity index (χ0n) is 19.9. The number of aromatic amines is 1. The van der Waals surface area contributed by atoms with Crippen LogP contribution in [0.2, 0.25) is 0 Å². The van der Waals surface area contributed by atoms with Crippen LogP contribution in [0.5, 0.6) is 17.4 Å². The van der Waals surface area contributed by atoms with Gasteiger partial charge in [0, 0.05) is 42.3 Å². The Balaban J connectivity index is 1.39. The second-order valence-corrected chi connectivity index (χ2v) is 9.55. The molecule has 0 unspecified atom stereocenters. The molecular formula is C27H28FN5O2. The first-order valence-electron chi connectivity index (χ1n) is 12.0. The van der Waals surface area contributed by atoms with E-state index in [-0.39, 0.29) is 11.6 Å². The SMILES string of the molecule is COc1cc2nc(-c3ccc(Oc4cnc[nH]4)cc3)cc(N3C[C@H]4CN(C)CC[C@H]4C3)c2cc1F. The first kappa shape index (κ1) is 21.9. The molecule has 7 nitrogen and oxygen atoms in total. The van der Waals surface area contributed by atoms with Gasteiger partial charge in [-0.3, -0.25) is 0 Å². The number of hydrogen-bond acceptors (Lipinski definition) is 6. The molecule has 2 aromatic carbocycles. The van der Waals surface area contributed by atoms with Gasteiger partial charge in [-0.1, -0.05) is 0 Å². The molecule has 2 aliphatic heterocycles. The molecule has 0 saturated carbocycles. The molecule has 180 valence electrons. The quantitative estimate of drug-likeness (QED) is 0.442. The molecule has 4 aromatic rings. The van der Waals surface area contributed by atoms with E-state index in [1.807, 2.05) is 24.3 Å². The number of rotatable bonds is 5. The number of H-pyrrole nitrogens is 1. The molecule has 0 amide bonds. The van der Waals surface area contributed by atoms with Gasteiger partial charge in [0.1, 0.15) is 5.75 Å². The second-order valence-electron chi connectivity index (χ2n) is 9.55. The number of ether oxygens (including phenoxy) is 2. The molecule has 0 bridgehead atoms. The fourth-order valence-electron chi connectivity index (χ4n) is 5.44. The highest BCUT2D eigenvalue weighted by molar-refractivity contribution is 5.95. The van der Waals surface area contributed by atoms with Crippen LogP contribution in [0, 0.1) is 17.7 Å². The summed E-state index contributed by atoms with van der Waals surface area (Å²) in [6.45, 7) is 4.20. The molecule has 35 heavy (non-hydrogen) atoms. The Hall–Kier alpha value is -3.65. The van der Waals surface area contributed by atoms with E-state index in [4.69, 9.17) is 14.5 Å². The van der Waals surface area contributed by atoms with Crippen LogP contribution in [0.1, 0.15) is 6.42 Å². The normalized spacial score (nSPS) is 20.3. The zero-order valence-corrected chi connectivity index (χ0v) is 19.9. The Kier molecular flexibility index (Phi) is 5.53. The van der Waals surface area contributed by atoms with Crippen molar-refractivity contribution < 1.29 is 13.9 Å². The number of imidazole rings is 1. The van der Waals surface area contributed by atoms with Crippen LogP contribution >= 0.6 is 0 Å². The Morgan fingerprint density at radius 2 is 1.89 bits per heavy atom. The van der Waals surface area contributed by atoms with Crippen LogP contribution in [-0.4, -0.2) is 60.2 Å². The Morgan fingerprint density at radius 1 is 1.06 bits per heavy atom. The van der Waals surface area contributed by atoms with Crippen LogP contribution in [0.4, 0.5) is 10.1 Å². The monoisotopic (exact) mass is 473 g/mol. The Morgan fingerprint density at radius 3 is 2.66 bits per heavy atom. The highest BCUT2D eigenvalue weighted by atomic mass is 19.1. The van der Waals surface area contributed by atoms with Crippen molar-refractivity contribution in [1.82, 2.24) is 19.9 Å². The summed E-state index contributed by atoms with van der Waals surface area (Å²) in [6, 6.07) is 13.2. The van der Waals surface area contributed by atoms with Gasteiger partial charge in [-0.15, -0.1) is 0 Å². The summed E-state index contributed by atoms with van der Waals surface area (Å²) < 4.78 is 25.8. The molecule has 2 aliphatic rings. The van der Waals surface area contributed by atoms with Crippen LogP contribution in [0.15, 0.2) is 55.0 Å². The number of halogens is 1. The van der Waals surface area contributed by atoms with Crippen molar-refractivity contribution in [2.75, 3.05) is 45.2 Å². The van der Waals surface area contributed by atoms with Gasteiger partial charge in [-0.25, -0.2) is 14.4 Å². The minimum absolute atomic E-state index is 0.202. The number of pyridine rings is 1. The van der Waals surface area contributed by atoms with Crippen molar-refractivity contribution in [3.63, 3.8) is 0 Å². The largest absolute Gasteiger partial charge is 0.494 e. The van der Waals surface area contributed by atoms with Crippen molar-refractivity contribution in [2.45, 2.75) is 6.42 Å². The standard InChI is InChI=1S/C27H28FN5O2/c1-32-8-7-18-14-33(15-19(18)13-32)25-10-23(31-24-11-26(34-2)22(28)9-21(24)25)17-3-5-20(6-4-17)35-27-12-29-16-30-27/h3-6,9-12,16,18-19H,7-8,13-15H2,1-2H3,(H,29,30)/t18-,19+/m0/s1. The minimum atomic E-state index is -0.368. The Labute approximate surface area is 203 Å². The van der Waals surface area contributed by atoms with E-state index in [2.05, 4.69) is 32.9 Å². The smallest absolute Gasteiger partial charge is 0.217 e. The summed E-state index contributed by atoms with van der Waals surface area (Å²) in [5, 5.41) is 0.818. The molecule has 2 atom stereocenters. The lowest BCUT2D eigenvalue weighted by molar-refractivity contribution is 0.178. The fourth-order valence-corrected chi connectivity index (χ4v) is 5.44. The van der Waals surface area contributed by atoms with E-state index in [1.165, 1.54) is 13.5 Å². The van der Waals surface area contributed by atoms with Gasteiger partial charge < -0.3 is 24.3 Å². The summed E-state index contributed by atoms with van der Waals surface area (Å²) >= 11 is 0. The average molecular weight is 474 g/mol. The predicted molar refractivity (Wildman–Crippen MR) is 134 cm³/mol. The average Bonchev–Trinajstić information content (AvgIpc) is 3.53. The van der Waals surface area contributed by atoms with Gasteiger partial charge in [0.2, 0.25) is 5.88 Å². The van der Waals surface area contributed by atoms with Gasteiger partial charge in [0.25, 0.3) is 0 Å². The highest BCUT2D eigenvalue weighted by Gasteiger charge is 2.37. The number of methoxy groups -OCH3 is 1. The summed E-state index contributed by atoms with van der Waals surface area (Å²) in [5.74, 6) is 2.41. The number of fused-ring (bicyclic) bond motifs is 2. The highest BCUT2D eigenvalue weighted by Crippen LogP contribution is 2.39. The van der Waals surface area contributed by atoms with Crippen molar-refractivity contribution in [1.29, 1.82) is 0 Å². The summed E-state index contributed by atoms with van der Waals surface area (Å²) in [4.78, 5) is 16.6. The van der Waals surface area contributed by atoms with Crippen LogP contribution in [0.25, 0.3) is 22.2 Å². The van der Waals surface area contributed by atoms with Crippen LogP contribution < -0.4 is 14.4 Å². The van der Waals surface area contributed by atoms with Gasteiger partial charge in [-0.2, -0.15) is 0 Å². The number of nitrogens with zero attached hydrogens (tertiary/aromatic N) is 4. The maximum Gasteiger partial charge on any atom is 0.217 e. The fraction of sp³-hybridized carbons (Fsp3) is 0.333. The molecular weight excluding hydrogens is 445 g/mol. The number of hydrogen-bond donors (Lipinski definition) is 1. The topological polar surface area (TPSA) is 66.5 Å². The van der Waals surface area contributed by atoms with Crippen molar-refractivity contribution in [3.05, 3.63) is 60.8 Å². The zero-order chi connectivity index (χ0) is 23.9. The lowest BCUT2D eigenvalue weighted by Gasteiger charge is -2.31. The van der Waals surface area contributed by atoms with Crippen molar-refractivity contribution in [2.24, 2.45) is 11.8 Å². The molecule has 2 aromatic heterocycles. The minimum Gasteiger partial charge on any atom is -0.494 e. The third-order valence-electron chi connectivity index (χ3n) is 7.26. The Bertz CT molecular complexity index is 1340. The predicted octanol–water partition coefficient (Wildman–Crippen LogP) is 4.95. The van der Waals surface area contributed by atoms with Gasteiger partial charge >= 0.3 is 0 Å². The molecule has 0 spiro atoms. The summed E-state index contributed by atoms with van der Waals surface area (Å²) in [5.41, 5.74) is 3.55. The number of aromatic nitrogens is 3. The molecule has 1 N–H and O–H groups in total. The van der Waals surface area contributed by atoms with Crippen LogP contribution in [-0.2, 0) is 0 Å². The van der Waals surface area contributed by atoms with E-state index >= 15 is 0 Å². The lowest BCUT2D eigenvalue weighted by Crippen LogP contribution is -2.37. The molecule has 0 aliphatic carbocycles. The van der Waals surface area contributed by atoms with Gasteiger partial charge in [-0.05, 0) is 68.2 Å². The number of piperidine rings is 1. The first-order chi connectivity index (χ1) is 17.1. The molecule has 6 rings (SSSR count). The first-order valence-corrected chi connectivity index (χ1v) is 12.0. The van der Waals surface area contributed by atoms with Gasteiger partial charge in [0.15, 0.2) is 11.6 Å². The van der Waals surface area contributed by atoms with E-state index in [1.54, 1.807) is 24.7 Å². The van der Waals surface area contributed by atoms with E-state index in [0.29, 0.717) is 23.5 Å².